The van der Waals surface area contributed by atoms with E-state index in [4.69, 9.17) is 2.74 Å². The number of nitrogens with zero attached hydrogens (tertiary/aromatic N) is 2. The van der Waals surface area contributed by atoms with Crippen LogP contribution in [0.25, 0.3) is 44.1 Å². The number of hydrogen-bond donors (Lipinski definition) is 1. The van der Waals surface area contributed by atoms with Gasteiger partial charge >= 0.3 is 0 Å². The third-order valence-electron chi connectivity index (χ3n) is 14.5. The minimum atomic E-state index is -1.79. The van der Waals surface area contributed by atoms with Crippen LogP contribution < -0.4 is 20.7 Å². The van der Waals surface area contributed by atoms with Crippen molar-refractivity contribution in [2.45, 2.75) is 114 Å². The molecule has 0 bridgehead atoms. The molecule has 0 saturated heterocycles. The smallest absolute Gasteiger partial charge is 0.162 e. The molecule has 371 valence electrons. The van der Waals surface area contributed by atoms with Gasteiger partial charge in [0.25, 0.3) is 0 Å². The van der Waals surface area contributed by atoms with Gasteiger partial charge in [-0.15, -0.1) is 69.8 Å². The molecule has 8 aromatic rings. The predicted octanol–water partition coefficient (Wildman–Crippen LogP) is 14.5. The van der Waals surface area contributed by atoms with E-state index < -0.39 is 16.1 Å². The molecule has 0 spiro atoms. The number of carbonyl (C=O) groups excluding carboxylic acids is 1. The van der Waals surface area contributed by atoms with Gasteiger partial charge < -0.3 is 15.1 Å². The van der Waals surface area contributed by atoms with E-state index in [0.717, 1.165) is 80.9 Å². The van der Waals surface area contributed by atoms with Crippen molar-refractivity contribution < 1.29 is 32.7 Å². The summed E-state index contributed by atoms with van der Waals surface area (Å²) in [5.74, 6) is 0.366. The second kappa shape index (κ2) is 24.7. The second-order valence-corrected chi connectivity index (χ2v) is 29.1. The first-order valence-corrected chi connectivity index (χ1v) is 31.1. The number of aryl methyl sites for hydroxylation is 4. The molecule has 7 heteroatoms. The van der Waals surface area contributed by atoms with Crippen LogP contribution in [-0.2, 0) is 24.9 Å². The number of benzene rings is 6. The Kier molecular flexibility index (Phi) is 18.5. The average Bonchev–Trinajstić information content (AvgIpc) is 3.35. The molecule has 0 aliphatic carbocycles. The molecule has 1 radical (unpaired) electrons. The number of allylic oxidation sites excluding steroid dienone is 2. The first-order chi connectivity index (χ1) is 34.1. The van der Waals surface area contributed by atoms with E-state index in [1.54, 1.807) is 0 Å². The molecule has 0 unspecified atom stereocenters. The van der Waals surface area contributed by atoms with Crippen LogP contribution in [-0.4, -0.2) is 37.0 Å². The number of aromatic nitrogens is 2. The van der Waals surface area contributed by atoms with E-state index in [2.05, 4.69) is 197 Å². The molecule has 2 aromatic heterocycles. The fraction of sp³-hybridized carbons (Fsp3) is 0.297. The Hall–Kier alpha value is -5.57. The maximum Gasteiger partial charge on any atom is 0.162 e. The summed E-state index contributed by atoms with van der Waals surface area (Å²) in [4.78, 5) is 21.0. The molecule has 6 aromatic carbocycles. The van der Waals surface area contributed by atoms with Crippen molar-refractivity contribution in [1.29, 1.82) is 0 Å². The summed E-state index contributed by atoms with van der Waals surface area (Å²) in [7, 11) is -3.59. The van der Waals surface area contributed by atoms with Crippen LogP contribution in [0.1, 0.15) is 85.3 Å². The molecular formula is C64H74IrN2O2Si2-2. The molecule has 0 amide bonds. The number of fused-ring (bicyclic) bond motifs is 2. The summed E-state index contributed by atoms with van der Waals surface area (Å²) in [5, 5.41) is 19.9. The van der Waals surface area contributed by atoms with Gasteiger partial charge in [0.1, 0.15) is 21.9 Å². The van der Waals surface area contributed by atoms with E-state index in [0.29, 0.717) is 12.3 Å². The predicted molar refractivity (Wildman–Crippen MR) is 306 cm³/mol. The van der Waals surface area contributed by atoms with Gasteiger partial charge in [0.2, 0.25) is 0 Å². The third kappa shape index (κ3) is 13.5. The molecule has 0 saturated carbocycles. The fourth-order valence-electron chi connectivity index (χ4n) is 9.26. The van der Waals surface area contributed by atoms with Crippen LogP contribution in [0.4, 0.5) is 0 Å². The van der Waals surface area contributed by atoms with Gasteiger partial charge in [0.15, 0.2) is 5.78 Å². The van der Waals surface area contributed by atoms with Crippen LogP contribution in [0.2, 0.25) is 26.2 Å². The molecule has 0 aliphatic rings. The van der Waals surface area contributed by atoms with Crippen molar-refractivity contribution >= 4 is 64.2 Å². The van der Waals surface area contributed by atoms with Crippen molar-refractivity contribution in [3.05, 3.63) is 192 Å². The Balaban J connectivity index is 0.000000211. The maximum atomic E-state index is 11.9. The molecule has 71 heavy (non-hydrogen) atoms. The van der Waals surface area contributed by atoms with Crippen LogP contribution >= 0.6 is 0 Å². The molecular weight excluding hydrogens is 1080 g/mol. The summed E-state index contributed by atoms with van der Waals surface area (Å²) in [6, 6.07) is 53.9. The Morgan fingerprint density at radius 1 is 0.606 bits per heavy atom. The fourth-order valence-corrected chi connectivity index (χ4v) is 14.0. The summed E-state index contributed by atoms with van der Waals surface area (Å²) in [5.41, 5.74) is 7.93. The first kappa shape index (κ1) is 53.2. The topological polar surface area (TPSA) is 63.1 Å². The first-order valence-electron chi connectivity index (χ1n) is 26.1. The van der Waals surface area contributed by atoms with E-state index >= 15 is 0 Å². The zero-order valence-electron chi connectivity index (χ0n) is 46.3. The zero-order chi connectivity index (χ0) is 52.5. The van der Waals surface area contributed by atoms with Crippen LogP contribution in [0.3, 0.4) is 0 Å². The maximum absolute atomic E-state index is 11.9. The Labute approximate surface area is 444 Å². The van der Waals surface area contributed by atoms with E-state index in [1.807, 2.05) is 46.8 Å². The van der Waals surface area contributed by atoms with Gasteiger partial charge in [-0.2, -0.15) is 0 Å². The minimum absolute atomic E-state index is 0. The Bertz CT molecular complexity index is 2970. The largest absolute Gasteiger partial charge is 0.512 e. The van der Waals surface area contributed by atoms with Gasteiger partial charge in [-0.3, -0.25) is 4.79 Å². The molecule has 0 atom stereocenters. The normalized spacial score (nSPS) is 12.3. The van der Waals surface area contributed by atoms with Gasteiger partial charge in [-0.25, -0.2) is 0 Å². The summed E-state index contributed by atoms with van der Waals surface area (Å²) in [6.45, 7) is 27.9. The number of carbonyl (C=O) groups is 1. The quantitative estimate of drug-likeness (QED) is 0.0541. The van der Waals surface area contributed by atoms with Crippen molar-refractivity contribution in [3.8, 4) is 22.5 Å². The van der Waals surface area contributed by atoms with Gasteiger partial charge in [0, 0.05) is 49.9 Å². The SMILES string of the molecule is CCC(CC)C(=O)/C=C(\O)C(C)(CC)CC.[2H]c1cc2cc([Si](C)(C)c3ccccc3)ccc2c(-c2[c-]c(C)cc(C)c2)n1.[2H]c1cc2cc([Si](C)(C)c3ccccc3)ccc2c(-c2[c-]c(C)cc(C)c2)n1.[Ir]. The summed E-state index contributed by atoms with van der Waals surface area (Å²) in [6.07, 6.45) is 5.43. The number of pyridine rings is 2. The number of aliphatic hydroxyl groups is 1. The van der Waals surface area contributed by atoms with Crippen LogP contribution in [0.15, 0.2) is 158 Å². The Morgan fingerprint density at radius 3 is 1.35 bits per heavy atom. The standard InChI is InChI=1S/2C25H24NSi.C14H26O2.Ir/c2*1-18-14-19(2)16-21(15-18)25-24-11-10-23(17-20(24)12-13-26-25)27(3,4)22-8-6-5-7-9-22;1-6-11(7-2)12(15)10-13(16)14(5,8-3)9-4;/h2*5-15,17H,1-4H3;10-11,16H,6-9H2,1-5H3;/q2*-1;;/b;;13-10-;/i2*13D;;. The summed E-state index contributed by atoms with van der Waals surface area (Å²) < 4.78 is 16.5. The van der Waals surface area contributed by atoms with Crippen LogP contribution in [0, 0.1) is 51.2 Å². The number of rotatable bonds is 13. The van der Waals surface area contributed by atoms with E-state index in [9.17, 15) is 9.90 Å². The molecule has 4 nitrogen and oxygen atoms in total. The minimum Gasteiger partial charge on any atom is -0.512 e. The van der Waals surface area contributed by atoms with Gasteiger partial charge in [-0.05, 0) is 70.7 Å². The van der Waals surface area contributed by atoms with E-state index in [-0.39, 0.29) is 43.0 Å². The number of ketones is 1. The molecule has 2 heterocycles. The Morgan fingerprint density at radius 2 is 1.00 bits per heavy atom. The van der Waals surface area contributed by atoms with Gasteiger partial charge in [0.05, 0.1) is 2.74 Å². The van der Waals surface area contributed by atoms with Crippen molar-refractivity contribution in [2.24, 2.45) is 11.3 Å². The molecule has 8 rings (SSSR count). The second-order valence-electron chi connectivity index (χ2n) is 20.3. The average molecular weight is 1150 g/mol. The number of aliphatic hydroxyl groups excluding tert-OH is 1. The zero-order valence-corrected chi connectivity index (χ0v) is 48.7. The van der Waals surface area contributed by atoms with Crippen molar-refractivity contribution in [2.75, 3.05) is 0 Å². The van der Waals surface area contributed by atoms with Crippen LogP contribution in [0.5, 0.6) is 0 Å². The summed E-state index contributed by atoms with van der Waals surface area (Å²) >= 11 is 0. The van der Waals surface area contributed by atoms with Crippen molar-refractivity contribution in [1.82, 2.24) is 9.97 Å². The molecule has 1 N–H and O–H groups in total. The molecule has 0 fully saturated rings. The molecule has 0 aliphatic heterocycles. The number of hydrogen-bond acceptors (Lipinski definition) is 4. The van der Waals surface area contributed by atoms with Crippen molar-refractivity contribution in [3.63, 3.8) is 0 Å². The third-order valence-corrected chi connectivity index (χ3v) is 21.6. The van der Waals surface area contributed by atoms with E-state index in [1.165, 1.54) is 37.9 Å². The monoisotopic (exact) mass is 1150 g/mol. The van der Waals surface area contributed by atoms with Gasteiger partial charge in [-0.1, -0.05) is 206 Å².